The second-order valence-corrected chi connectivity index (χ2v) is 3.36. The Morgan fingerprint density at radius 1 is 1.47 bits per heavy atom. The highest BCUT2D eigenvalue weighted by molar-refractivity contribution is 5.97. The Kier molecular flexibility index (Phi) is 2.78. The Bertz CT molecular complexity index is 562. The lowest BCUT2D eigenvalue weighted by atomic mass is 10.1. The minimum atomic E-state index is -1.14. The van der Waals surface area contributed by atoms with E-state index < -0.39 is 5.97 Å². The van der Waals surface area contributed by atoms with Crippen LogP contribution in [0.2, 0.25) is 0 Å². The Morgan fingerprint density at radius 3 is 2.76 bits per heavy atom. The van der Waals surface area contributed by atoms with Crippen LogP contribution in [0, 0.1) is 6.92 Å². The fourth-order valence-electron chi connectivity index (χ4n) is 1.48. The van der Waals surface area contributed by atoms with Crippen molar-refractivity contribution >= 4 is 5.97 Å². The first kappa shape index (κ1) is 11.1. The molecule has 2 heterocycles. The third-order valence-corrected chi connectivity index (χ3v) is 2.23. The van der Waals surface area contributed by atoms with Gasteiger partial charge in [-0.1, -0.05) is 0 Å². The summed E-state index contributed by atoms with van der Waals surface area (Å²) in [5.74, 6) is -0.0647. The van der Waals surface area contributed by atoms with Gasteiger partial charge >= 0.3 is 5.97 Å². The SMILES string of the molecule is COc1nncc(-c2ccc(C)o2)c1C(=O)O. The molecular formula is C11H10N2O4. The van der Waals surface area contributed by atoms with Crippen LogP contribution in [-0.2, 0) is 0 Å². The number of aryl methyl sites for hydroxylation is 1. The molecule has 0 saturated heterocycles. The quantitative estimate of drug-likeness (QED) is 0.870. The smallest absolute Gasteiger partial charge is 0.342 e. The number of carboxylic acids is 1. The van der Waals surface area contributed by atoms with E-state index in [-0.39, 0.29) is 11.4 Å². The van der Waals surface area contributed by atoms with Crippen LogP contribution in [0.15, 0.2) is 22.7 Å². The summed E-state index contributed by atoms with van der Waals surface area (Å²) in [5, 5.41) is 16.5. The van der Waals surface area contributed by atoms with Gasteiger partial charge in [0, 0.05) is 0 Å². The van der Waals surface area contributed by atoms with Crippen LogP contribution in [0.25, 0.3) is 11.3 Å². The molecule has 0 spiro atoms. The number of furan rings is 1. The highest BCUT2D eigenvalue weighted by atomic mass is 16.5. The zero-order chi connectivity index (χ0) is 12.4. The summed E-state index contributed by atoms with van der Waals surface area (Å²) in [6, 6.07) is 3.42. The molecule has 0 saturated carbocycles. The van der Waals surface area contributed by atoms with Gasteiger partial charge in [0.05, 0.1) is 18.9 Å². The normalized spacial score (nSPS) is 10.2. The number of nitrogens with zero attached hydrogens (tertiary/aromatic N) is 2. The summed E-state index contributed by atoms with van der Waals surface area (Å²) in [7, 11) is 1.34. The van der Waals surface area contributed by atoms with Gasteiger partial charge in [0.15, 0.2) is 0 Å². The molecule has 0 unspecified atom stereocenters. The molecule has 0 aliphatic carbocycles. The second-order valence-electron chi connectivity index (χ2n) is 3.36. The van der Waals surface area contributed by atoms with Crippen molar-refractivity contribution in [2.75, 3.05) is 7.11 Å². The lowest BCUT2D eigenvalue weighted by Crippen LogP contribution is -2.06. The first-order chi connectivity index (χ1) is 8.13. The average Bonchev–Trinajstić information content (AvgIpc) is 2.74. The maximum atomic E-state index is 11.2. The van der Waals surface area contributed by atoms with E-state index in [4.69, 9.17) is 14.3 Å². The summed E-state index contributed by atoms with van der Waals surface area (Å²) in [4.78, 5) is 11.2. The van der Waals surface area contributed by atoms with E-state index >= 15 is 0 Å². The molecule has 2 rings (SSSR count). The van der Waals surface area contributed by atoms with Crippen molar-refractivity contribution in [1.29, 1.82) is 0 Å². The van der Waals surface area contributed by atoms with Gasteiger partial charge < -0.3 is 14.3 Å². The van der Waals surface area contributed by atoms with Crippen LogP contribution in [0.1, 0.15) is 16.1 Å². The maximum Gasteiger partial charge on any atom is 0.342 e. The van der Waals surface area contributed by atoms with E-state index in [0.717, 1.165) is 0 Å². The van der Waals surface area contributed by atoms with Crippen molar-refractivity contribution in [2.45, 2.75) is 6.92 Å². The topological polar surface area (TPSA) is 85.5 Å². The number of carbonyl (C=O) groups is 1. The van der Waals surface area contributed by atoms with Crippen LogP contribution in [0.3, 0.4) is 0 Å². The van der Waals surface area contributed by atoms with Crippen LogP contribution in [0.4, 0.5) is 0 Å². The first-order valence-corrected chi connectivity index (χ1v) is 4.83. The monoisotopic (exact) mass is 234 g/mol. The molecule has 0 bridgehead atoms. The minimum absolute atomic E-state index is 0.0379. The molecule has 0 aliphatic heterocycles. The van der Waals surface area contributed by atoms with E-state index in [9.17, 15) is 4.79 Å². The number of rotatable bonds is 3. The number of methoxy groups -OCH3 is 1. The number of aromatic carboxylic acids is 1. The van der Waals surface area contributed by atoms with Crippen molar-refractivity contribution in [3.05, 3.63) is 29.7 Å². The molecule has 0 fully saturated rings. The molecule has 2 aromatic rings. The number of hydrogen-bond acceptors (Lipinski definition) is 5. The Labute approximate surface area is 96.9 Å². The molecule has 1 N–H and O–H groups in total. The van der Waals surface area contributed by atoms with Gasteiger partial charge in [-0.15, -0.1) is 5.10 Å². The summed E-state index contributed by atoms with van der Waals surface area (Å²) in [5.41, 5.74) is 0.286. The molecule has 0 aromatic carbocycles. The molecule has 88 valence electrons. The number of carboxylic acid groups (broad SMARTS) is 1. The molecule has 0 aliphatic rings. The number of ether oxygens (including phenoxy) is 1. The second kappa shape index (κ2) is 4.25. The number of aromatic nitrogens is 2. The molecule has 17 heavy (non-hydrogen) atoms. The lowest BCUT2D eigenvalue weighted by molar-refractivity contribution is 0.0692. The molecule has 2 aromatic heterocycles. The van der Waals surface area contributed by atoms with Crippen LogP contribution in [-0.4, -0.2) is 28.4 Å². The van der Waals surface area contributed by atoms with Crippen molar-refractivity contribution in [2.24, 2.45) is 0 Å². The van der Waals surface area contributed by atoms with E-state index in [2.05, 4.69) is 10.2 Å². The average molecular weight is 234 g/mol. The molecule has 6 nitrogen and oxygen atoms in total. The molecule has 0 atom stereocenters. The van der Waals surface area contributed by atoms with Crippen LogP contribution < -0.4 is 4.74 Å². The van der Waals surface area contributed by atoms with E-state index in [1.165, 1.54) is 13.3 Å². The van der Waals surface area contributed by atoms with Gasteiger partial charge in [-0.3, -0.25) is 0 Å². The standard InChI is InChI=1S/C11H10N2O4/c1-6-3-4-8(17-6)7-5-12-13-10(16-2)9(7)11(14)15/h3-5H,1-2H3,(H,14,15). The first-order valence-electron chi connectivity index (χ1n) is 4.83. The summed E-state index contributed by atoms with van der Waals surface area (Å²) < 4.78 is 10.3. The third kappa shape index (κ3) is 1.96. The van der Waals surface area contributed by atoms with E-state index in [0.29, 0.717) is 17.1 Å². The van der Waals surface area contributed by atoms with Gasteiger partial charge in [0.25, 0.3) is 0 Å². The predicted octanol–water partition coefficient (Wildman–Crippen LogP) is 1.75. The zero-order valence-electron chi connectivity index (χ0n) is 9.30. The predicted molar refractivity (Wildman–Crippen MR) is 58.0 cm³/mol. The van der Waals surface area contributed by atoms with Gasteiger partial charge in [-0.25, -0.2) is 4.79 Å². The van der Waals surface area contributed by atoms with Gasteiger partial charge in [0.2, 0.25) is 5.88 Å². The van der Waals surface area contributed by atoms with Crippen molar-refractivity contribution < 1.29 is 19.1 Å². The Hall–Kier alpha value is -2.37. The minimum Gasteiger partial charge on any atom is -0.479 e. The molecular weight excluding hydrogens is 224 g/mol. The van der Waals surface area contributed by atoms with Crippen molar-refractivity contribution in [3.8, 4) is 17.2 Å². The maximum absolute atomic E-state index is 11.2. The molecule has 0 amide bonds. The van der Waals surface area contributed by atoms with Gasteiger partial charge in [-0.05, 0) is 19.1 Å². The summed E-state index contributed by atoms with van der Waals surface area (Å²) >= 11 is 0. The highest BCUT2D eigenvalue weighted by Crippen LogP contribution is 2.29. The Morgan fingerprint density at radius 2 is 2.24 bits per heavy atom. The zero-order valence-corrected chi connectivity index (χ0v) is 9.30. The molecule has 0 radical (unpaired) electrons. The van der Waals surface area contributed by atoms with E-state index in [1.807, 2.05) is 0 Å². The van der Waals surface area contributed by atoms with Crippen LogP contribution >= 0.6 is 0 Å². The van der Waals surface area contributed by atoms with Crippen molar-refractivity contribution in [3.63, 3.8) is 0 Å². The lowest BCUT2D eigenvalue weighted by Gasteiger charge is -2.06. The fraction of sp³-hybridized carbons (Fsp3) is 0.182. The van der Waals surface area contributed by atoms with Crippen molar-refractivity contribution in [1.82, 2.24) is 10.2 Å². The molecule has 6 heteroatoms. The van der Waals surface area contributed by atoms with E-state index in [1.54, 1.807) is 19.1 Å². The van der Waals surface area contributed by atoms with Crippen LogP contribution in [0.5, 0.6) is 5.88 Å². The fourth-order valence-corrected chi connectivity index (χ4v) is 1.48. The third-order valence-electron chi connectivity index (χ3n) is 2.23. The summed E-state index contributed by atoms with van der Waals surface area (Å²) in [6.07, 6.45) is 1.34. The van der Waals surface area contributed by atoms with Gasteiger partial charge in [0.1, 0.15) is 17.1 Å². The number of hydrogen-bond donors (Lipinski definition) is 1. The van der Waals surface area contributed by atoms with Gasteiger partial charge in [-0.2, -0.15) is 5.10 Å². The largest absolute Gasteiger partial charge is 0.479 e. The Balaban J connectivity index is 2.65. The summed E-state index contributed by atoms with van der Waals surface area (Å²) in [6.45, 7) is 1.77. The highest BCUT2D eigenvalue weighted by Gasteiger charge is 2.21.